The zero-order chi connectivity index (χ0) is 28.8. The minimum atomic E-state index is -0.532. The summed E-state index contributed by atoms with van der Waals surface area (Å²) < 4.78 is 12.3. The number of carbonyl (C=O) groups excluding carboxylic acids is 2. The molecular formula is C32H39N5O4. The van der Waals surface area contributed by atoms with Crippen LogP contribution in [0.15, 0.2) is 53.3 Å². The molecule has 9 nitrogen and oxygen atoms in total. The summed E-state index contributed by atoms with van der Waals surface area (Å²) in [6, 6.07) is 7.43. The normalized spacial score (nSPS) is 28.8. The van der Waals surface area contributed by atoms with Gasteiger partial charge in [0.05, 0.1) is 24.0 Å². The number of nitrogens with one attached hydrogen (secondary N) is 1. The van der Waals surface area contributed by atoms with Crippen LogP contribution in [0, 0.1) is 0 Å². The maximum Gasteiger partial charge on any atom is 0.232 e. The van der Waals surface area contributed by atoms with E-state index in [2.05, 4.69) is 43.2 Å². The van der Waals surface area contributed by atoms with Crippen molar-refractivity contribution < 1.29 is 19.1 Å². The molecule has 3 atom stereocenters. The van der Waals surface area contributed by atoms with Gasteiger partial charge >= 0.3 is 0 Å². The first-order chi connectivity index (χ1) is 19.7. The van der Waals surface area contributed by atoms with Crippen molar-refractivity contribution in [3.05, 3.63) is 65.0 Å². The fraction of sp³-hybridized carbons (Fsp3) is 0.500. The summed E-state index contributed by atoms with van der Waals surface area (Å²) in [7, 11) is 0. The summed E-state index contributed by atoms with van der Waals surface area (Å²) in [5.74, 6) is 1.52. The SMILES string of the molecule is CC[C@@]12CCCCc3ccc4c(c3)[C@H](CC(C)(C)O4)NC(=O)C/C=C3\COc4ccncc4[C@H]3N(C(=O)C1)C(N)=N2. The Morgan fingerprint density at radius 1 is 1.15 bits per heavy atom. The van der Waals surface area contributed by atoms with Crippen molar-refractivity contribution in [2.45, 2.75) is 95.4 Å². The number of rotatable bonds is 1. The van der Waals surface area contributed by atoms with Gasteiger partial charge in [0, 0.05) is 36.4 Å². The van der Waals surface area contributed by atoms with Crippen molar-refractivity contribution in [3.8, 4) is 11.5 Å². The molecule has 0 saturated carbocycles. The van der Waals surface area contributed by atoms with Gasteiger partial charge in [-0.2, -0.15) is 0 Å². The fourth-order valence-electron chi connectivity index (χ4n) is 6.73. The molecule has 2 aromatic rings. The van der Waals surface area contributed by atoms with E-state index < -0.39 is 17.2 Å². The van der Waals surface area contributed by atoms with Gasteiger partial charge in [-0.3, -0.25) is 19.5 Å². The minimum Gasteiger partial charge on any atom is -0.489 e. The topological polar surface area (TPSA) is 119 Å². The van der Waals surface area contributed by atoms with Crippen LogP contribution in [0.1, 0.15) is 94.5 Å². The molecule has 6 heterocycles. The second kappa shape index (κ2) is 10.5. The number of hydrogen-bond donors (Lipinski definition) is 2. The Morgan fingerprint density at radius 2 is 2.00 bits per heavy atom. The number of benzene rings is 1. The first-order valence-corrected chi connectivity index (χ1v) is 14.7. The van der Waals surface area contributed by atoms with Crippen LogP contribution in [0.2, 0.25) is 0 Å². The van der Waals surface area contributed by atoms with E-state index in [4.69, 9.17) is 20.2 Å². The van der Waals surface area contributed by atoms with Gasteiger partial charge in [0.2, 0.25) is 11.8 Å². The molecule has 0 aliphatic carbocycles. The van der Waals surface area contributed by atoms with E-state index in [1.165, 1.54) is 5.56 Å². The van der Waals surface area contributed by atoms with Crippen LogP contribution in [0.4, 0.5) is 0 Å². The summed E-state index contributed by atoms with van der Waals surface area (Å²) in [6.07, 6.45) is 10.6. The fourth-order valence-corrected chi connectivity index (χ4v) is 6.73. The van der Waals surface area contributed by atoms with E-state index in [0.29, 0.717) is 18.6 Å². The maximum atomic E-state index is 13.9. The smallest absolute Gasteiger partial charge is 0.232 e. The number of guanidine groups is 1. The molecule has 5 aliphatic heterocycles. The molecule has 7 rings (SSSR count). The molecule has 0 unspecified atom stereocenters. The zero-order valence-corrected chi connectivity index (χ0v) is 24.1. The van der Waals surface area contributed by atoms with Gasteiger partial charge in [-0.25, -0.2) is 4.99 Å². The number of fused-ring (bicyclic) bond motifs is 8. The lowest BCUT2D eigenvalue weighted by Crippen LogP contribution is -2.53. The molecule has 1 aromatic heterocycles. The summed E-state index contributed by atoms with van der Waals surface area (Å²) in [4.78, 5) is 38.1. The second-order valence-corrected chi connectivity index (χ2v) is 12.3. The van der Waals surface area contributed by atoms with Crippen molar-refractivity contribution >= 4 is 17.8 Å². The van der Waals surface area contributed by atoms with Crippen LogP contribution in [-0.2, 0) is 16.0 Å². The van der Waals surface area contributed by atoms with Crippen molar-refractivity contribution in [2.24, 2.45) is 10.7 Å². The summed E-state index contributed by atoms with van der Waals surface area (Å²) >= 11 is 0. The zero-order valence-electron chi connectivity index (χ0n) is 24.1. The van der Waals surface area contributed by atoms with Crippen molar-refractivity contribution in [1.29, 1.82) is 0 Å². The van der Waals surface area contributed by atoms with Gasteiger partial charge < -0.3 is 20.5 Å². The molecule has 1 aromatic carbocycles. The third kappa shape index (κ3) is 5.29. The highest BCUT2D eigenvalue weighted by atomic mass is 16.5. The number of amides is 2. The molecular weight excluding hydrogens is 518 g/mol. The van der Waals surface area contributed by atoms with Gasteiger partial charge in [-0.15, -0.1) is 0 Å². The first kappa shape index (κ1) is 27.3. The molecule has 0 radical (unpaired) electrons. The average Bonchev–Trinajstić information content (AvgIpc) is 2.93. The van der Waals surface area contributed by atoms with Gasteiger partial charge in [-0.05, 0) is 62.8 Å². The average molecular weight is 558 g/mol. The lowest BCUT2D eigenvalue weighted by atomic mass is 9.83. The number of hydrogen-bond acceptors (Lipinski definition) is 7. The molecule has 0 fully saturated rings. The van der Waals surface area contributed by atoms with Crippen LogP contribution in [0.25, 0.3) is 0 Å². The molecule has 41 heavy (non-hydrogen) atoms. The van der Waals surface area contributed by atoms with Crippen LogP contribution in [0.3, 0.4) is 0 Å². The van der Waals surface area contributed by atoms with E-state index in [9.17, 15) is 9.59 Å². The predicted octanol–water partition coefficient (Wildman–Crippen LogP) is 4.67. The Balaban J connectivity index is 1.41. The highest BCUT2D eigenvalue weighted by Crippen LogP contribution is 2.43. The Morgan fingerprint density at radius 3 is 2.80 bits per heavy atom. The lowest BCUT2D eigenvalue weighted by Gasteiger charge is -2.42. The maximum absolute atomic E-state index is 13.9. The number of aliphatic imine (C=N–C) groups is 1. The highest BCUT2D eigenvalue weighted by Gasteiger charge is 2.44. The molecule has 216 valence electrons. The van der Waals surface area contributed by atoms with Crippen LogP contribution >= 0.6 is 0 Å². The van der Waals surface area contributed by atoms with E-state index in [1.54, 1.807) is 23.4 Å². The van der Waals surface area contributed by atoms with Crippen LogP contribution in [-0.4, -0.2) is 45.4 Å². The van der Waals surface area contributed by atoms with Crippen molar-refractivity contribution in [1.82, 2.24) is 15.2 Å². The summed E-state index contributed by atoms with van der Waals surface area (Å²) in [5.41, 5.74) is 9.46. The molecule has 2 amide bonds. The number of carbonyl (C=O) groups is 2. The quantitative estimate of drug-likeness (QED) is 0.492. The summed E-state index contributed by atoms with van der Waals surface area (Å²) in [6.45, 7) is 6.42. The molecule has 0 spiro atoms. The van der Waals surface area contributed by atoms with E-state index in [0.717, 1.165) is 54.6 Å². The molecule has 5 aliphatic rings. The van der Waals surface area contributed by atoms with Gasteiger partial charge in [0.1, 0.15) is 23.7 Å². The summed E-state index contributed by atoms with van der Waals surface area (Å²) in [5, 5.41) is 3.26. The Labute approximate surface area is 241 Å². The van der Waals surface area contributed by atoms with Crippen molar-refractivity contribution in [2.75, 3.05) is 6.61 Å². The lowest BCUT2D eigenvalue weighted by molar-refractivity contribution is -0.131. The number of ether oxygens (including phenoxy) is 2. The molecule has 3 N–H and O–H groups in total. The minimum absolute atomic E-state index is 0.0674. The predicted molar refractivity (Wildman–Crippen MR) is 155 cm³/mol. The van der Waals surface area contributed by atoms with Crippen molar-refractivity contribution in [3.63, 3.8) is 0 Å². The third-order valence-electron chi connectivity index (χ3n) is 8.89. The van der Waals surface area contributed by atoms with E-state index in [-0.39, 0.29) is 36.8 Å². The standard InChI is InChI=1S/C32H39N5O4/c1-4-32-13-6-5-7-20-8-10-26-22(15-20)24(16-31(2,3)41-26)35-27(38)11-9-21-19-40-25-12-14-34-18-23(25)29(21)37(28(39)17-32)30(33)36-32/h8-10,12,14-15,18,24,29H,4-7,11,13,16-17,19H2,1-3H3,(H2,33,36)(H,35,38)/b21-9+/t24-,29-,32+/m0/s1. The molecule has 4 bridgehead atoms. The third-order valence-corrected chi connectivity index (χ3v) is 8.89. The monoisotopic (exact) mass is 557 g/mol. The van der Waals surface area contributed by atoms with Gasteiger partial charge in [0.25, 0.3) is 0 Å². The Kier molecular flexibility index (Phi) is 6.99. The number of aryl methyl sites for hydroxylation is 1. The van der Waals surface area contributed by atoms with Gasteiger partial charge in [0.15, 0.2) is 5.96 Å². The highest BCUT2D eigenvalue weighted by molar-refractivity contribution is 6.00. The second-order valence-electron chi connectivity index (χ2n) is 12.3. The Hall–Kier alpha value is -3.88. The number of pyridine rings is 1. The first-order valence-electron chi connectivity index (χ1n) is 14.7. The molecule has 9 heteroatoms. The largest absolute Gasteiger partial charge is 0.489 e. The van der Waals surface area contributed by atoms with Crippen LogP contribution < -0.4 is 20.5 Å². The number of nitrogens with two attached hydrogens (primary N) is 1. The van der Waals surface area contributed by atoms with Gasteiger partial charge in [-0.1, -0.05) is 31.6 Å². The number of nitrogens with zero attached hydrogens (tertiary/aromatic N) is 3. The molecule has 0 saturated heterocycles. The van der Waals surface area contributed by atoms with E-state index in [1.807, 2.05) is 12.1 Å². The number of aromatic nitrogens is 1. The van der Waals surface area contributed by atoms with Crippen LogP contribution in [0.5, 0.6) is 11.5 Å². The Bertz CT molecular complexity index is 1430. The van der Waals surface area contributed by atoms with E-state index >= 15 is 0 Å².